The number of halogens is 1. The molecule has 0 radical (unpaired) electrons. The van der Waals surface area contributed by atoms with Crippen LogP contribution < -0.4 is 33.7 Å². The van der Waals surface area contributed by atoms with E-state index in [2.05, 4.69) is 15.0 Å². The van der Waals surface area contributed by atoms with E-state index in [0.717, 1.165) is 11.1 Å². The zero-order chi connectivity index (χ0) is 66.0. The minimum Gasteiger partial charge on any atom is -0.459 e. The standard InChI is InChI=1S/2C17H18N2O5.C16H15FN2O5.2C2H6.3CH2O3/c1-11-3-2-4-12(9-11)16(21)23-10-13-5-6-15(24-13)19-8-7-14(20)18-17(19)22;1-11-4-2-3-5-13(11)16(21)23-10-12-6-7-15(24-12)19-9-8-14(20)18-17(19)22;17-11-3-1-10(2-4-11)15(21)23-9-12-5-6-14(24-12)19-8-7-13(20)18-16(19)22;2*1-2;3*2-1(3)4/h2-4,7-9,13,15H,5-6,10H2,1H3,(H,18,20,22);2-5,8-9,12,15H,6-7,10H2,1H3,(H,18,20,22);1-4,7-8,12,14H,5-6,9H2,(H,18,20,22);2*1-2H3;3*(H2,2,3,4). The van der Waals surface area contributed by atoms with Crippen LogP contribution in [0.4, 0.5) is 18.8 Å². The van der Waals surface area contributed by atoms with Crippen LogP contribution >= 0.6 is 0 Å². The molecule has 0 amide bonds. The van der Waals surface area contributed by atoms with E-state index in [0.29, 0.717) is 49.7 Å². The molecule has 30 nitrogen and oxygen atoms in total. The molecule has 478 valence electrons. The lowest BCUT2D eigenvalue weighted by atomic mass is 10.1. The summed E-state index contributed by atoms with van der Waals surface area (Å²) in [5.74, 6) is -1.78. The first-order valence-electron chi connectivity index (χ1n) is 26.9. The Bertz CT molecular complexity index is 3540. The molecular formula is C57H69FN6O24. The lowest BCUT2D eigenvalue weighted by Crippen LogP contribution is -2.31. The van der Waals surface area contributed by atoms with Crippen molar-refractivity contribution in [2.24, 2.45) is 0 Å². The van der Waals surface area contributed by atoms with Gasteiger partial charge in [-0.1, -0.05) is 63.6 Å². The molecule has 88 heavy (non-hydrogen) atoms. The van der Waals surface area contributed by atoms with Gasteiger partial charge in [0.1, 0.15) is 44.3 Å². The van der Waals surface area contributed by atoms with Gasteiger partial charge in [0.25, 0.3) is 16.7 Å². The molecule has 6 atom stereocenters. The van der Waals surface area contributed by atoms with Gasteiger partial charge in [-0.15, -0.1) is 0 Å². The van der Waals surface area contributed by atoms with Crippen LogP contribution in [0, 0.1) is 19.7 Å². The second-order valence-corrected chi connectivity index (χ2v) is 17.8. The number of carbonyl (C=O) groups excluding carboxylic acids is 3. The summed E-state index contributed by atoms with van der Waals surface area (Å²) in [4.78, 5) is 137. The molecule has 6 heterocycles. The Labute approximate surface area is 498 Å². The molecule has 0 bridgehead atoms. The second-order valence-electron chi connectivity index (χ2n) is 17.8. The van der Waals surface area contributed by atoms with Crippen LogP contribution in [-0.2, 0) is 28.4 Å². The summed E-state index contributed by atoms with van der Waals surface area (Å²) in [6.07, 6.45) is 0.0721. The van der Waals surface area contributed by atoms with Crippen molar-refractivity contribution in [2.75, 3.05) is 19.8 Å². The maximum absolute atomic E-state index is 12.8. The molecule has 3 fully saturated rings. The summed E-state index contributed by atoms with van der Waals surface area (Å²) in [5.41, 5.74) is 0.195. The number of rotatable bonds is 12. The zero-order valence-corrected chi connectivity index (χ0v) is 48.5. The van der Waals surface area contributed by atoms with Crippen molar-refractivity contribution in [2.45, 2.75) is 117 Å². The monoisotopic (exact) mass is 1240 g/mol. The van der Waals surface area contributed by atoms with E-state index in [1.807, 2.05) is 59.7 Å². The van der Waals surface area contributed by atoms with Crippen molar-refractivity contribution >= 4 is 36.4 Å². The first kappa shape index (κ1) is 73.8. The van der Waals surface area contributed by atoms with Crippen molar-refractivity contribution in [3.05, 3.63) is 206 Å². The minimum atomic E-state index is -1.83. The predicted octanol–water partition coefficient (Wildman–Crippen LogP) is 6.69. The molecule has 3 aliphatic rings. The summed E-state index contributed by atoms with van der Waals surface area (Å²) in [7, 11) is 0. The Morgan fingerprint density at radius 1 is 0.466 bits per heavy atom. The van der Waals surface area contributed by atoms with Crippen molar-refractivity contribution in [1.82, 2.24) is 28.7 Å². The number of hydrogen-bond acceptors (Lipinski definition) is 18. The van der Waals surface area contributed by atoms with Gasteiger partial charge >= 0.3 is 53.4 Å². The van der Waals surface area contributed by atoms with Gasteiger partial charge in [-0.3, -0.25) is 43.0 Å². The number of esters is 3. The number of aromatic amines is 3. The molecule has 3 saturated heterocycles. The van der Waals surface area contributed by atoms with Crippen LogP contribution in [0.25, 0.3) is 0 Å². The Balaban J connectivity index is 0.000000400. The maximum atomic E-state index is 12.8. The van der Waals surface area contributed by atoms with Crippen LogP contribution in [0.1, 0.15) is 127 Å². The molecule has 31 heteroatoms. The zero-order valence-electron chi connectivity index (χ0n) is 48.5. The maximum Gasteiger partial charge on any atom is 0.503 e. The molecular weight excluding hydrogens is 1170 g/mol. The van der Waals surface area contributed by atoms with E-state index in [-0.39, 0.29) is 49.7 Å². The van der Waals surface area contributed by atoms with Crippen LogP contribution in [-0.4, -0.2) is 134 Å². The highest BCUT2D eigenvalue weighted by atomic mass is 19.1. The van der Waals surface area contributed by atoms with Gasteiger partial charge in [0, 0.05) is 36.8 Å². The van der Waals surface area contributed by atoms with E-state index in [1.54, 1.807) is 30.3 Å². The van der Waals surface area contributed by atoms with E-state index in [9.17, 15) is 47.5 Å². The number of aryl methyl sites for hydroxylation is 2. The van der Waals surface area contributed by atoms with Gasteiger partial charge in [-0.25, -0.2) is 47.5 Å². The molecule has 0 spiro atoms. The van der Waals surface area contributed by atoms with Gasteiger partial charge in [-0.05, 0) is 100 Å². The SMILES string of the molecule is CC.CC.Cc1cccc(C(=O)OCC2CCC(n3ccc(=O)[nH]c3=O)O2)c1.Cc1ccccc1C(=O)OCC1CCC(n2ccc(=O)[nH]c2=O)O1.O=C(O)O.O=C(O)O.O=C(O)O.O=C(OCC1CCC(n2ccc(=O)[nH]c2=O)O1)c1ccc(F)cc1. The van der Waals surface area contributed by atoms with Crippen molar-refractivity contribution in [1.29, 1.82) is 0 Å². The summed E-state index contributed by atoms with van der Waals surface area (Å²) in [5, 5.41) is 41.8. The van der Waals surface area contributed by atoms with Crippen molar-refractivity contribution in [3.8, 4) is 0 Å². The van der Waals surface area contributed by atoms with E-state index >= 15 is 0 Å². The lowest BCUT2D eigenvalue weighted by Gasteiger charge is -2.15. The number of H-pyrrole nitrogens is 3. The third-order valence-corrected chi connectivity index (χ3v) is 11.6. The van der Waals surface area contributed by atoms with Crippen LogP contribution in [0.15, 0.2) is 138 Å². The average Bonchev–Trinajstić information content (AvgIpc) is 3.62. The van der Waals surface area contributed by atoms with Crippen LogP contribution in [0.3, 0.4) is 0 Å². The number of aromatic nitrogens is 6. The summed E-state index contributed by atoms with van der Waals surface area (Å²) < 4.78 is 49.7. The topological polar surface area (TPSA) is 444 Å². The fraction of sp³-hybridized carbons (Fsp3) is 0.368. The van der Waals surface area contributed by atoms with Gasteiger partial charge in [0.05, 0.1) is 35.0 Å². The number of carbonyl (C=O) groups is 6. The Morgan fingerprint density at radius 3 is 1.15 bits per heavy atom. The summed E-state index contributed by atoms with van der Waals surface area (Å²) >= 11 is 0. The molecule has 9 rings (SSSR count). The number of nitrogens with one attached hydrogen (secondary N) is 3. The third kappa shape index (κ3) is 26.8. The minimum absolute atomic E-state index is 0.0326. The van der Waals surface area contributed by atoms with Gasteiger partial charge in [-0.2, -0.15) is 0 Å². The van der Waals surface area contributed by atoms with Crippen LogP contribution in [0.2, 0.25) is 0 Å². The molecule has 6 unspecified atom stereocenters. The van der Waals surface area contributed by atoms with Gasteiger partial charge in [0.2, 0.25) is 0 Å². The Kier molecular flexibility index (Phi) is 32.4. The third-order valence-electron chi connectivity index (χ3n) is 11.6. The van der Waals surface area contributed by atoms with Gasteiger partial charge < -0.3 is 59.1 Å². The van der Waals surface area contributed by atoms with Crippen molar-refractivity contribution < 1.29 is 92.2 Å². The lowest BCUT2D eigenvalue weighted by molar-refractivity contribution is -0.0340. The first-order chi connectivity index (χ1) is 41.8. The predicted molar refractivity (Wildman–Crippen MR) is 308 cm³/mol. The van der Waals surface area contributed by atoms with Gasteiger partial charge in [0.15, 0.2) is 0 Å². The summed E-state index contributed by atoms with van der Waals surface area (Å²) in [6, 6.07) is 23.2. The quantitative estimate of drug-likeness (QED) is 0.0455. The smallest absolute Gasteiger partial charge is 0.459 e. The first-order valence-corrected chi connectivity index (χ1v) is 26.9. The fourth-order valence-corrected chi connectivity index (χ4v) is 7.91. The van der Waals surface area contributed by atoms with Crippen molar-refractivity contribution in [3.63, 3.8) is 0 Å². The van der Waals surface area contributed by atoms with Crippen LogP contribution in [0.5, 0.6) is 0 Å². The Hall–Kier alpha value is -10.3. The molecule has 9 N–H and O–H groups in total. The number of hydrogen-bond donors (Lipinski definition) is 9. The molecule has 0 saturated carbocycles. The summed E-state index contributed by atoms with van der Waals surface area (Å²) in [6.45, 7) is 12.0. The Morgan fingerprint density at radius 2 is 0.807 bits per heavy atom. The number of benzene rings is 3. The highest BCUT2D eigenvalue weighted by Gasteiger charge is 2.31. The average molecular weight is 1240 g/mol. The number of ether oxygens (including phenoxy) is 6. The normalized spacial score (nSPS) is 17.4. The molecule has 0 aliphatic carbocycles. The van der Waals surface area contributed by atoms with E-state index in [4.69, 9.17) is 73.4 Å². The highest BCUT2D eigenvalue weighted by Crippen LogP contribution is 2.29. The van der Waals surface area contributed by atoms with E-state index < -0.39 is 88.7 Å². The second kappa shape index (κ2) is 38.6. The van der Waals surface area contributed by atoms with E-state index in [1.165, 1.54) is 74.8 Å². The molecule has 3 aromatic heterocycles. The fourth-order valence-electron chi connectivity index (χ4n) is 7.91. The molecule has 3 aromatic carbocycles. The molecule has 6 aromatic rings. The number of carboxylic acid groups (broad SMARTS) is 6. The largest absolute Gasteiger partial charge is 0.503 e. The highest BCUT2D eigenvalue weighted by molar-refractivity contribution is 5.91. The molecule has 3 aliphatic heterocycles. The number of nitrogens with zero attached hydrogens (tertiary/aromatic N) is 3.